The lowest BCUT2D eigenvalue weighted by Crippen LogP contribution is -2.37. The number of ether oxygens (including phenoxy) is 1. The van der Waals surface area contributed by atoms with E-state index in [1.165, 1.54) is 11.1 Å². The molecule has 2 aromatic carbocycles. The number of fused-ring (bicyclic) bond motifs is 1. The van der Waals surface area contributed by atoms with Crippen molar-refractivity contribution in [2.24, 2.45) is 0 Å². The van der Waals surface area contributed by atoms with E-state index in [0.717, 1.165) is 49.9 Å². The number of anilines is 1. The zero-order valence-corrected chi connectivity index (χ0v) is 19.7. The van der Waals surface area contributed by atoms with Gasteiger partial charge in [-0.25, -0.2) is 0 Å². The maximum absolute atomic E-state index is 12.5. The van der Waals surface area contributed by atoms with Crippen LogP contribution in [-0.4, -0.2) is 46.7 Å². The summed E-state index contributed by atoms with van der Waals surface area (Å²) in [5, 5.41) is 7.72. The molecule has 0 radical (unpaired) electrons. The number of carbonyl (C=O) groups excluding carboxylic acids is 1. The Kier molecular flexibility index (Phi) is 6.24. The molecule has 2 heterocycles. The molecular weight excluding hydrogens is 430 g/mol. The van der Waals surface area contributed by atoms with Crippen molar-refractivity contribution in [3.8, 4) is 28.6 Å². The average molecular weight is 462 g/mol. The number of nitrogens with zero attached hydrogens (tertiary/aromatic N) is 3. The minimum absolute atomic E-state index is 0.0417. The molecule has 1 aliphatic carbocycles. The highest BCUT2D eigenvalue weighted by atomic mass is 16.5. The third-order valence-corrected chi connectivity index (χ3v) is 6.52. The van der Waals surface area contributed by atoms with Crippen LogP contribution < -0.4 is 15.8 Å². The van der Waals surface area contributed by atoms with Gasteiger partial charge in [0.05, 0.1) is 18.3 Å². The van der Waals surface area contributed by atoms with Crippen LogP contribution in [0.15, 0.2) is 40.9 Å². The van der Waals surface area contributed by atoms with Gasteiger partial charge < -0.3 is 25.2 Å². The van der Waals surface area contributed by atoms with Gasteiger partial charge in [-0.1, -0.05) is 23.4 Å². The molecular formula is C26H31N5O3. The van der Waals surface area contributed by atoms with E-state index < -0.39 is 0 Å². The van der Waals surface area contributed by atoms with Gasteiger partial charge in [0.15, 0.2) is 0 Å². The fourth-order valence-electron chi connectivity index (χ4n) is 4.86. The standard InChI is InChI=1S/C26H31N5O3/c1-16(2)33-23-11-8-17(14-21(23)27)26-29-25(30-34-26)20-7-5-6-19-18(20)9-10-22(19)28-15-24(32)31-12-3-4-13-31/h5-8,11,14,16,22,28H,3-4,9-10,12-13,15,27H2,1-2H3/t22-/m0/s1. The van der Waals surface area contributed by atoms with E-state index in [2.05, 4.69) is 21.5 Å². The number of carbonyl (C=O) groups is 1. The molecule has 1 fully saturated rings. The molecule has 34 heavy (non-hydrogen) atoms. The first-order valence-electron chi connectivity index (χ1n) is 12.0. The maximum Gasteiger partial charge on any atom is 0.258 e. The molecule has 8 heteroatoms. The van der Waals surface area contributed by atoms with E-state index in [0.29, 0.717) is 29.7 Å². The van der Waals surface area contributed by atoms with Gasteiger partial charge in [0, 0.05) is 30.3 Å². The average Bonchev–Trinajstić information content (AvgIpc) is 3.59. The number of hydrogen-bond donors (Lipinski definition) is 2. The van der Waals surface area contributed by atoms with Crippen LogP contribution in [0.25, 0.3) is 22.8 Å². The van der Waals surface area contributed by atoms with Crippen molar-refractivity contribution < 1.29 is 14.1 Å². The molecule has 1 atom stereocenters. The highest BCUT2D eigenvalue weighted by molar-refractivity contribution is 5.78. The van der Waals surface area contributed by atoms with Gasteiger partial charge >= 0.3 is 0 Å². The maximum atomic E-state index is 12.5. The third-order valence-electron chi connectivity index (χ3n) is 6.52. The lowest BCUT2D eigenvalue weighted by molar-refractivity contribution is -0.129. The first-order valence-corrected chi connectivity index (χ1v) is 12.0. The number of nitrogens with two attached hydrogens (primary N) is 1. The van der Waals surface area contributed by atoms with Crippen LogP contribution in [-0.2, 0) is 11.2 Å². The van der Waals surface area contributed by atoms with Gasteiger partial charge in [-0.05, 0) is 68.9 Å². The molecule has 1 amide bonds. The van der Waals surface area contributed by atoms with Gasteiger partial charge in [0.1, 0.15) is 5.75 Å². The summed E-state index contributed by atoms with van der Waals surface area (Å²) in [5.41, 5.74) is 10.8. The van der Waals surface area contributed by atoms with Crippen LogP contribution in [0.4, 0.5) is 5.69 Å². The van der Waals surface area contributed by atoms with Crippen molar-refractivity contribution >= 4 is 11.6 Å². The Balaban J connectivity index is 1.32. The molecule has 8 nitrogen and oxygen atoms in total. The summed E-state index contributed by atoms with van der Waals surface area (Å²) in [5.74, 6) is 1.80. The van der Waals surface area contributed by atoms with E-state index in [-0.39, 0.29) is 18.1 Å². The van der Waals surface area contributed by atoms with E-state index in [1.54, 1.807) is 6.07 Å². The Bertz CT molecular complexity index is 1180. The topological polar surface area (TPSA) is 107 Å². The van der Waals surface area contributed by atoms with Crippen LogP contribution >= 0.6 is 0 Å². The first-order chi connectivity index (χ1) is 16.5. The number of aromatic nitrogens is 2. The Morgan fingerprint density at radius 3 is 2.85 bits per heavy atom. The van der Waals surface area contributed by atoms with E-state index in [4.69, 9.17) is 15.0 Å². The smallest absolute Gasteiger partial charge is 0.258 e. The fourth-order valence-corrected chi connectivity index (χ4v) is 4.86. The second-order valence-electron chi connectivity index (χ2n) is 9.28. The summed E-state index contributed by atoms with van der Waals surface area (Å²) in [7, 11) is 0. The third kappa shape index (κ3) is 4.50. The largest absolute Gasteiger partial charge is 0.489 e. The zero-order valence-electron chi connectivity index (χ0n) is 19.7. The van der Waals surface area contributed by atoms with E-state index in [1.807, 2.05) is 43.0 Å². The normalized spacial score (nSPS) is 17.4. The number of nitrogens with one attached hydrogen (secondary N) is 1. The Morgan fingerprint density at radius 2 is 2.09 bits per heavy atom. The highest BCUT2D eigenvalue weighted by Gasteiger charge is 2.27. The lowest BCUT2D eigenvalue weighted by Gasteiger charge is -2.19. The summed E-state index contributed by atoms with van der Waals surface area (Å²) in [4.78, 5) is 19.1. The van der Waals surface area contributed by atoms with Gasteiger partial charge in [0.25, 0.3) is 5.89 Å². The number of hydrogen-bond acceptors (Lipinski definition) is 7. The molecule has 0 unspecified atom stereocenters. The molecule has 1 saturated heterocycles. The Labute approximate surface area is 199 Å². The van der Waals surface area contributed by atoms with Crippen LogP contribution in [0.3, 0.4) is 0 Å². The molecule has 3 N–H and O–H groups in total. The molecule has 5 rings (SSSR count). The summed E-state index contributed by atoms with van der Waals surface area (Å²) in [6.07, 6.45) is 4.10. The van der Waals surface area contributed by atoms with Crippen molar-refractivity contribution in [1.29, 1.82) is 0 Å². The number of nitrogen functional groups attached to an aromatic ring is 1. The van der Waals surface area contributed by atoms with E-state index in [9.17, 15) is 4.79 Å². The van der Waals surface area contributed by atoms with Crippen molar-refractivity contribution in [2.45, 2.75) is 51.7 Å². The fraction of sp³-hybridized carbons (Fsp3) is 0.423. The van der Waals surface area contributed by atoms with E-state index >= 15 is 0 Å². The SMILES string of the molecule is CC(C)Oc1ccc(-c2nc(-c3cccc4c3CC[C@@H]4NCC(=O)N3CCCC3)no2)cc1N. The molecule has 0 saturated carbocycles. The highest BCUT2D eigenvalue weighted by Crippen LogP contribution is 2.37. The molecule has 0 spiro atoms. The van der Waals surface area contributed by atoms with Crippen LogP contribution in [0, 0.1) is 0 Å². The number of rotatable bonds is 7. The molecule has 2 aliphatic rings. The predicted molar refractivity (Wildman–Crippen MR) is 130 cm³/mol. The Morgan fingerprint density at radius 1 is 1.26 bits per heavy atom. The second-order valence-corrected chi connectivity index (χ2v) is 9.28. The molecule has 178 valence electrons. The second kappa shape index (κ2) is 9.46. The van der Waals surface area contributed by atoms with Gasteiger partial charge in [-0.3, -0.25) is 4.79 Å². The monoisotopic (exact) mass is 461 g/mol. The zero-order chi connectivity index (χ0) is 23.7. The minimum atomic E-state index is 0.0417. The van der Waals surface area contributed by atoms with Crippen molar-refractivity contribution in [1.82, 2.24) is 20.4 Å². The summed E-state index contributed by atoms with van der Waals surface area (Å²) >= 11 is 0. The first kappa shape index (κ1) is 22.4. The van der Waals surface area contributed by atoms with Gasteiger partial charge in [-0.2, -0.15) is 4.98 Å². The predicted octanol–water partition coefficient (Wildman–Crippen LogP) is 3.97. The number of benzene rings is 2. The number of likely N-dealkylation sites (tertiary alicyclic amines) is 1. The molecule has 0 bridgehead atoms. The van der Waals surface area contributed by atoms with Crippen molar-refractivity contribution in [3.63, 3.8) is 0 Å². The van der Waals surface area contributed by atoms with Gasteiger partial charge in [-0.15, -0.1) is 0 Å². The van der Waals surface area contributed by atoms with Crippen LogP contribution in [0.1, 0.15) is 50.3 Å². The molecule has 3 aromatic rings. The minimum Gasteiger partial charge on any atom is -0.489 e. The molecule has 1 aromatic heterocycles. The van der Waals surface area contributed by atoms with Crippen LogP contribution in [0.5, 0.6) is 5.75 Å². The van der Waals surface area contributed by atoms with Crippen LogP contribution in [0.2, 0.25) is 0 Å². The quantitative estimate of drug-likeness (QED) is 0.513. The van der Waals surface area contributed by atoms with Gasteiger partial charge in [0.2, 0.25) is 11.7 Å². The van der Waals surface area contributed by atoms with Crippen molar-refractivity contribution in [3.05, 3.63) is 47.5 Å². The summed E-state index contributed by atoms with van der Waals surface area (Å²) in [6, 6.07) is 11.8. The summed E-state index contributed by atoms with van der Waals surface area (Å²) < 4.78 is 11.3. The van der Waals surface area contributed by atoms with Crippen molar-refractivity contribution in [2.75, 3.05) is 25.4 Å². The molecule has 1 aliphatic heterocycles. The number of amides is 1. The lowest BCUT2D eigenvalue weighted by atomic mass is 10.0. The Hall–Kier alpha value is -3.39. The summed E-state index contributed by atoms with van der Waals surface area (Å²) in [6.45, 7) is 6.05.